The van der Waals surface area contributed by atoms with Gasteiger partial charge in [0.2, 0.25) is 0 Å². The first kappa shape index (κ1) is 25.1. The van der Waals surface area contributed by atoms with Crippen molar-refractivity contribution < 1.29 is 9.90 Å². The molecule has 7 unspecified atom stereocenters. The standard InChI is InChI=1S/C29H45BO2/c1-15-11-17(3)26(18(4)12-15)30(27-19(5)13-16(2)14-20(27)6)28-23(9)21(7)25(29(31)32)22(8)24(28)10/h11-13,16-17,21-26,28H,14H2,1-10H3,(H,31,32). The van der Waals surface area contributed by atoms with Crippen LogP contribution in [0.15, 0.2) is 46.0 Å². The van der Waals surface area contributed by atoms with Crippen LogP contribution >= 0.6 is 0 Å². The first-order chi connectivity index (χ1) is 14.9. The normalized spacial score (nSPS) is 40.4. The Morgan fingerprint density at radius 3 is 1.94 bits per heavy atom. The molecule has 32 heavy (non-hydrogen) atoms. The highest BCUT2D eigenvalue weighted by Gasteiger charge is 2.53. The third-order valence-electron chi connectivity index (χ3n) is 9.55. The van der Waals surface area contributed by atoms with Gasteiger partial charge < -0.3 is 5.11 Å². The van der Waals surface area contributed by atoms with E-state index in [1.165, 1.54) is 16.7 Å². The van der Waals surface area contributed by atoms with Crippen LogP contribution < -0.4 is 0 Å². The molecule has 0 radical (unpaired) electrons. The Kier molecular flexibility index (Phi) is 7.37. The molecule has 0 saturated heterocycles. The molecule has 3 aliphatic carbocycles. The van der Waals surface area contributed by atoms with Crippen LogP contribution in [0.1, 0.15) is 75.7 Å². The maximum absolute atomic E-state index is 12.2. The summed E-state index contributed by atoms with van der Waals surface area (Å²) in [7, 11) is 0. The fraction of sp³-hybridized carbons (Fsp3) is 0.690. The van der Waals surface area contributed by atoms with Crippen molar-refractivity contribution in [1.82, 2.24) is 0 Å². The van der Waals surface area contributed by atoms with Gasteiger partial charge in [0.25, 0.3) is 0 Å². The lowest BCUT2D eigenvalue weighted by Gasteiger charge is -2.52. The minimum absolute atomic E-state index is 0.180. The first-order valence-electron chi connectivity index (χ1n) is 12.8. The summed E-state index contributed by atoms with van der Waals surface area (Å²) in [5.41, 5.74) is 7.45. The van der Waals surface area contributed by atoms with Crippen molar-refractivity contribution in [2.24, 2.45) is 41.4 Å². The van der Waals surface area contributed by atoms with Gasteiger partial charge in [-0.2, -0.15) is 0 Å². The lowest BCUT2D eigenvalue weighted by molar-refractivity contribution is -0.149. The van der Waals surface area contributed by atoms with E-state index in [1.54, 1.807) is 11.0 Å². The van der Waals surface area contributed by atoms with Crippen molar-refractivity contribution in [3.63, 3.8) is 0 Å². The number of allylic oxidation sites excluding steroid dienone is 8. The molecule has 1 N–H and O–H groups in total. The zero-order valence-corrected chi connectivity index (χ0v) is 22.1. The molecule has 2 nitrogen and oxygen atoms in total. The number of hydrogen-bond acceptors (Lipinski definition) is 1. The summed E-state index contributed by atoms with van der Waals surface area (Å²) in [5.74, 6) is 2.25. The summed E-state index contributed by atoms with van der Waals surface area (Å²) in [6.07, 6.45) is 8.47. The predicted molar refractivity (Wildman–Crippen MR) is 138 cm³/mol. The van der Waals surface area contributed by atoms with Crippen LogP contribution in [0.2, 0.25) is 11.6 Å². The monoisotopic (exact) mass is 436 g/mol. The minimum Gasteiger partial charge on any atom is -0.481 e. The van der Waals surface area contributed by atoms with Crippen LogP contribution in [0.4, 0.5) is 0 Å². The number of aliphatic carboxylic acids is 1. The molecule has 3 heteroatoms. The van der Waals surface area contributed by atoms with Crippen molar-refractivity contribution >= 4 is 12.7 Å². The lowest BCUT2D eigenvalue weighted by Crippen LogP contribution is -2.50. The number of carboxylic acids is 1. The minimum atomic E-state index is -0.614. The molecule has 7 atom stereocenters. The molecule has 1 saturated carbocycles. The fourth-order valence-corrected chi connectivity index (χ4v) is 8.13. The molecule has 0 aromatic carbocycles. The van der Waals surface area contributed by atoms with Gasteiger partial charge in [-0.15, -0.1) is 0 Å². The Balaban J connectivity index is 2.18. The van der Waals surface area contributed by atoms with Gasteiger partial charge in [-0.3, -0.25) is 4.79 Å². The van der Waals surface area contributed by atoms with Gasteiger partial charge in [0, 0.05) is 0 Å². The molecule has 3 rings (SSSR count). The smallest absolute Gasteiger partial charge is 0.307 e. The van der Waals surface area contributed by atoms with Gasteiger partial charge in [-0.25, -0.2) is 0 Å². The van der Waals surface area contributed by atoms with E-state index in [4.69, 9.17) is 0 Å². The van der Waals surface area contributed by atoms with E-state index < -0.39 is 5.97 Å². The summed E-state index contributed by atoms with van der Waals surface area (Å²) in [5, 5.41) is 10.0. The first-order valence-corrected chi connectivity index (χ1v) is 12.8. The van der Waals surface area contributed by atoms with Gasteiger partial charge in [-0.1, -0.05) is 93.4 Å². The molecular formula is C29H45BO2. The van der Waals surface area contributed by atoms with Crippen LogP contribution in [-0.4, -0.2) is 17.8 Å². The van der Waals surface area contributed by atoms with Crippen molar-refractivity contribution in [2.45, 2.75) is 87.3 Å². The van der Waals surface area contributed by atoms with E-state index in [2.05, 4.69) is 87.5 Å². The number of rotatable bonds is 4. The van der Waals surface area contributed by atoms with Crippen LogP contribution in [-0.2, 0) is 4.79 Å². The highest BCUT2D eigenvalue weighted by molar-refractivity contribution is 6.72. The summed E-state index contributed by atoms with van der Waals surface area (Å²) in [4.78, 5) is 12.2. The molecule has 0 aliphatic heterocycles. The Labute approximate surface area is 197 Å². The van der Waals surface area contributed by atoms with Crippen molar-refractivity contribution in [1.29, 1.82) is 0 Å². The number of carbonyl (C=O) groups is 1. The molecule has 0 aromatic heterocycles. The van der Waals surface area contributed by atoms with Gasteiger partial charge >= 0.3 is 5.97 Å². The average Bonchev–Trinajstić information content (AvgIpc) is 2.64. The van der Waals surface area contributed by atoms with Gasteiger partial charge in [0.05, 0.1) is 5.92 Å². The van der Waals surface area contributed by atoms with E-state index in [9.17, 15) is 9.90 Å². The van der Waals surface area contributed by atoms with Crippen LogP contribution in [0.5, 0.6) is 0 Å². The zero-order valence-electron chi connectivity index (χ0n) is 22.1. The molecule has 176 valence electrons. The highest BCUT2D eigenvalue weighted by Crippen LogP contribution is 2.57. The zero-order chi connectivity index (χ0) is 24.1. The summed E-state index contributed by atoms with van der Waals surface area (Å²) in [6.45, 7) is 23.4. The maximum atomic E-state index is 12.2. The Hall–Kier alpha value is -1.51. The second-order valence-corrected chi connectivity index (χ2v) is 11.8. The molecule has 0 aromatic rings. The second-order valence-electron chi connectivity index (χ2n) is 11.8. The van der Waals surface area contributed by atoms with Crippen molar-refractivity contribution in [3.05, 3.63) is 46.0 Å². The van der Waals surface area contributed by atoms with Gasteiger partial charge in [0.15, 0.2) is 6.71 Å². The third kappa shape index (κ3) is 4.33. The summed E-state index contributed by atoms with van der Waals surface area (Å²) < 4.78 is 0. The van der Waals surface area contributed by atoms with Gasteiger partial charge in [0.1, 0.15) is 0 Å². The quantitative estimate of drug-likeness (QED) is 0.455. The molecule has 1 fully saturated rings. The van der Waals surface area contributed by atoms with E-state index in [-0.39, 0.29) is 17.8 Å². The Morgan fingerprint density at radius 1 is 0.906 bits per heavy atom. The van der Waals surface area contributed by atoms with E-state index in [0.717, 1.165) is 6.42 Å². The molecule has 3 aliphatic rings. The largest absolute Gasteiger partial charge is 0.481 e. The Bertz CT molecular complexity index is 860. The molecule has 0 amide bonds. The van der Waals surface area contributed by atoms with Crippen molar-refractivity contribution in [2.75, 3.05) is 0 Å². The molecule has 0 heterocycles. The van der Waals surface area contributed by atoms with Crippen LogP contribution in [0.3, 0.4) is 0 Å². The Morgan fingerprint density at radius 2 is 1.47 bits per heavy atom. The van der Waals surface area contributed by atoms with Crippen molar-refractivity contribution in [3.8, 4) is 0 Å². The van der Waals surface area contributed by atoms with Crippen LogP contribution in [0, 0.1) is 41.4 Å². The van der Waals surface area contributed by atoms with Crippen LogP contribution in [0.25, 0.3) is 0 Å². The molecule has 0 bridgehead atoms. The second kappa shape index (κ2) is 9.39. The molecule has 0 spiro atoms. The topological polar surface area (TPSA) is 37.3 Å². The predicted octanol–water partition coefficient (Wildman–Crippen LogP) is 7.86. The summed E-state index contributed by atoms with van der Waals surface area (Å²) in [6, 6.07) is 0. The average molecular weight is 436 g/mol. The summed E-state index contributed by atoms with van der Waals surface area (Å²) >= 11 is 0. The van der Waals surface area contributed by atoms with E-state index in [0.29, 0.717) is 42.0 Å². The van der Waals surface area contributed by atoms with E-state index >= 15 is 0 Å². The van der Waals surface area contributed by atoms with E-state index in [1.807, 2.05) is 0 Å². The highest BCUT2D eigenvalue weighted by atomic mass is 16.4. The third-order valence-corrected chi connectivity index (χ3v) is 9.55. The lowest BCUT2D eigenvalue weighted by atomic mass is 9.21. The number of hydrogen-bond donors (Lipinski definition) is 1. The number of carboxylic acid groups (broad SMARTS) is 1. The van der Waals surface area contributed by atoms with Gasteiger partial charge in [-0.05, 0) is 75.4 Å². The maximum Gasteiger partial charge on any atom is 0.307 e. The fourth-order valence-electron chi connectivity index (χ4n) is 8.13. The molecular weight excluding hydrogens is 391 g/mol. The SMILES string of the molecule is CC1=CC(C)C(B(C2=C(C)CC(C)C=C2C)C2C(C)C(C)C(C(=O)O)C(C)C2C)C(C)=C1.